The molecule has 0 aliphatic rings. The van der Waals surface area contributed by atoms with Crippen LogP contribution in [0.4, 0.5) is 0 Å². The summed E-state index contributed by atoms with van der Waals surface area (Å²) in [5.74, 6) is 1.65. The summed E-state index contributed by atoms with van der Waals surface area (Å²) in [7, 11) is 1.68. The molecule has 0 saturated carbocycles. The summed E-state index contributed by atoms with van der Waals surface area (Å²) in [6.07, 6.45) is 0.747. The van der Waals surface area contributed by atoms with E-state index in [1.807, 2.05) is 6.92 Å². The molecule has 1 unspecified atom stereocenters. The highest BCUT2D eigenvalue weighted by Gasteiger charge is 2.13. The zero-order valence-electron chi connectivity index (χ0n) is 11.4. The van der Waals surface area contributed by atoms with E-state index in [0.29, 0.717) is 5.92 Å². The van der Waals surface area contributed by atoms with E-state index in [-0.39, 0.29) is 11.7 Å². The molecule has 0 radical (unpaired) electrons. The Morgan fingerprint density at radius 1 is 1.29 bits per heavy atom. The van der Waals surface area contributed by atoms with Crippen molar-refractivity contribution in [3.63, 3.8) is 0 Å². The predicted molar refractivity (Wildman–Crippen MR) is 70.6 cm³/mol. The first-order valence-electron chi connectivity index (χ1n) is 6.13. The molecule has 1 atom stereocenters. The molecule has 2 nitrogen and oxygen atoms in total. The second kappa shape index (κ2) is 5.85. The number of ether oxygens (including phenoxy) is 1. The van der Waals surface area contributed by atoms with Gasteiger partial charge < -0.3 is 4.74 Å². The van der Waals surface area contributed by atoms with Gasteiger partial charge in [0, 0.05) is 5.92 Å². The Labute approximate surface area is 104 Å². The van der Waals surface area contributed by atoms with Gasteiger partial charge in [-0.05, 0) is 36.5 Å². The lowest BCUT2D eigenvalue weighted by molar-refractivity contribution is -0.120. The maximum absolute atomic E-state index is 11.3. The van der Waals surface area contributed by atoms with Crippen LogP contribution < -0.4 is 4.74 Å². The quantitative estimate of drug-likeness (QED) is 0.778. The summed E-state index contributed by atoms with van der Waals surface area (Å²) in [6, 6.07) is 6.27. The van der Waals surface area contributed by atoms with E-state index < -0.39 is 0 Å². The van der Waals surface area contributed by atoms with E-state index in [4.69, 9.17) is 4.74 Å². The number of rotatable bonds is 5. The van der Waals surface area contributed by atoms with Crippen molar-refractivity contribution in [3.05, 3.63) is 29.3 Å². The summed E-state index contributed by atoms with van der Waals surface area (Å²) in [5.41, 5.74) is 2.38. The SMILES string of the molecule is COc1cc(C(C)C)ccc1CC(C)C(C)=O. The molecule has 1 aromatic rings. The molecule has 0 aliphatic heterocycles. The van der Waals surface area contributed by atoms with E-state index in [9.17, 15) is 4.79 Å². The molecule has 0 fully saturated rings. The fourth-order valence-corrected chi connectivity index (χ4v) is 1.76. The topological polar surface area (TPSA) is 26.3 Å². The van der Waals surface area contributed by atoms with Crippen molar-refractivity contribution >= 4 is 5.78 Å². The highest BCUT2D eigenvalue weighted by Crippen LogP contribution is 2.26. The van der Waals surface area contributed by atoms with Crippen LogP contribution in [0.5, 0.6) is 5.75 Å². The van der Waals surface area contributed by atoms with E-state index in [2.05, 4.69) is 32.0 Å². The molecule has 0 spiro atoms. The lowest BCUT2D eigenvalue weighted by atomic mass is 9.94. The van der Waals surface area contributed by atoms with Crippen LogP contribution in [0.1, 0.15) is 44.7 Å². The van der Waals surface area contributed by atoms with Crippen LogP contribution in [-0.4, -0.2) is 12.9 Å². The van der Waals surface area contributed by atoms with Crippen LogP contribution >= 0.6 is 0 Å². The van der Waals surface area contributed by atoms with Crippen LogP contribution in [-0.2, 0) is 11.2 Å². The van der Waals surface area contributed by atoms with Gasteiger partial charge in [0.15, 0.2) is 0 Å². The molecule has 0 aliphatic carbocycles. The Bertz CT molecular complexity index is 394. The monoisotopic (exact) mass is 234 g/mol. The third kappa shape index (κ3) is 3.58. The normalized spacial score (nSPS) is 12.6. The van der Waals surface area contributed by atoms with E-state index in [1.165, 1.54) is 5.56 Å². The minimum absolute atomic E-state index is 0.0498. The van der Waals surface area contributed by atoms with Gasteiger partial charge in [-0.15, -0.1) is 0 Å². The molecule has 0 saturated heterocycles. The molecule has 0 N–H and O–H groups in total. The molecule has 1 aromatic carbocycles. The number of methoxy groups -OCH3 is 1. The Morgan fingerprint density at radius 3 is 2.41 bits per heavy atom. The minimum Gasteiger partial charge on any atom is -0.496 e. The Balaban J connectivity index is 2.96. The second-order valence-electron chi connectivity index (χ2n) is 4.94. The summed E-state index contributed by atoms with van der Waals surface area (Å²) >= 11 is 0. The van der Waals surface area contributed by atoms with Crippen molar-refractivity contribution < 1.29 is 9.53 Å². The number of Topliss-reactive ketones (excluding diaryl/α,β-unsaturated/α-hetero) is 1. The van der Waals surface area contributed by atoms with Crippen LogP contribution in [0.2, 0.25) is 0 Å². The van der Waals surface area contributed by atoms with Gasteiger partial charge in [-0.3, -0.25) is 4.79 Å². The molecule has 0 heterocycles. The number of carbonyl (C=O) groups excluding carboxylic acids is 1. The van der Waals surface area contributed by atoms with Gasteiger partial charge in [0.25, 0.3) is 0 Å². The average Bonchev–Trinajstić information content (AvgIpc) is 2.28. The zero-order chi connectivity index (χ0) is 13.0. The standard InChI is InChI=1S/C15H22O2/c1-10(2)13-6-7-14(15(9-13)17-5)8-11(3)12(4)16/h6-7,9-11H,8H2,1-5H3. The minimum atomic E-state index is 0.0498. The lowest BCUT2D eigenvalue weighted by Crippen LogP contribution is -2.10. The Morgan fingerprint density at radius 2 is 1.94 bits per heavy atom. The van der Waals surface area contributed by atoms with Crippen molar-refractivity contribution in [1.82, 2.24) is 0 Å². The van der Waals surface area contributed by atoms with Crippen LogP contribution in [0.15, 0.2) is 18.2 Å². The summed E-state index contributed by atoms with van der Waals surface area (Å²) in [5, 5.41) is 0. The van der Waals surface area contributed by atoms with Gasteiger partial charge in [0.2, 0.25) is 0 Å². The first-order chi connectivity index (χ1) is 7.95. The maximum Gasteiger partial charge on any atom is 0.132 e. The lowest BCUT2D eigenvalue weighted by Gasteiger charge is -2.14. The number of benzene rings is 1. The zero-order valence-corrected chi connectivity index (χ0v) is 11.4. The highest BCUT2D eigenvalue weighted by molar-refractivity contribution is 5.78. The van der Waals surface area contributed by atoms with Crippen molar-refractivity contribution in [2.45, 2.75) is 40.0 Å². The van der Waals surface area contributed by atoms with Crippen LogP contribution in [0.3, 0.4) is 0 Å². The van der Waals surface area contributed by atoms with E-state index in [1.54, 1.807) is 14.0 Å². The summed E-state index contributed by atoms with van der Waals surface area (Å²) in [6.45, 7) is 7.91. The molecular formula is C15H22O2. The van der Waals surface area contributed by atoms with Crippen molar-refractivity contribution in [2.75, 3.05) is 7.11 Å². The first-order valence-corrected chi connectivity index (χ1v) is 6.13. The van der Waals surface area contributed by atoms with Gasteiger partial charge in [0.05, 0.1) is 7.11 Å². The van der Waals surface area contributed by atoms with Crippen molar-refractivity contribution in [1.29, 1.82) is 0 Å². The fraction of sp³-hybridized carbons (Fsp3) is 0.533. The summed E-state index contributed by atoms with van der Waals surface area (Å²) < 4.78 is 5.41. The van der Waals surface area contributed by atoms with Crippen molar-refractivity contribution in [2.24, 2.45) is 5.92 Å². The first kappa shape index (κ1) is 13.8. The average molecular weight is 234 g/mol. The number of hydrogen-bond acceptors (Lipinski definition) is 2. The third-order valence-corrected chi connectivity index (χ3v) is 3.20. The largest absolute Gasteiger partial charge is 0.496 e. The Kier molecular flexibility index (Phi) is 4.73. The number of ketones is 1. The molecule has 0 amide bonds. The molecule has 0 bridgehead atoms. The van der Waals surface area contributed by atoms with E-state index in [0.717, 1.165) is 17.7 Å². The van der Waals surface area contributed by atoms with Crippen LogP contribution in [0, 0.1) is 5.92 Å². The maximum atomic E-state index is 11.3. The molecule has 0 aromatic heterocycles. The smallest absolute Gasteiger partial charge is 0.132 e. The second-order valence-corrected chi connectivity index (χ2v) is 4.94. The van der Waals surface area contributed by atoms with E-state index >= 15 is 0 Å². The van der Waals surface area contributed by atoms with Crippen molar-refractivity contribution in [3.8, 4) is 5.75 Å². The van der Waals surface area contributed by atoms with Crippen LogP contribution in [0.25, 0.3) is 0 Å². The van der Waals surface area contributed by atoms with Gasteiger partial charge in [0.1, 0.15) is 11.5 Å². The van der Waals surface area contributed by atoms with Gasteiger partial charge in [-0.1, -0.05) is 32.9 Å². The molecule has 17 heavy (non-hydrogen) atoms. The summed E-state index contributed by atoms with van der Waals surface area (Å²) in [4.78, 5) is 11.3. The number of carbonyl (C=O) groups is 1. The molecule has 94 valence electrons. The van der Waals surface area contributed by atoms with Gasteiger partial charge in [-0.25, -0.2) is 0 Å². The van der Waals surface area contributed by atoms with Gasteiger partial charge in [-0.2, -0.15) is 0 Å². The third-order valence-electron chi connectivity index (χ3n) is 3.20. The molecule has 2 heteroatoms. The molecular weight excluding hydrogens is 212 g/mol. The fourth-order valence-electron chi connectivity index (χ4n) is 1.76. The predicted octanol–water partition coefficient (Wildman–Crippen LogP) is 3.59. The molecule has 1 rings (SSSR count). The Hall–Kier alpha value is -1.31. The number of hydrogen-bond donors (Lipinski definition) is 0. The highest BCUT2D eigenvalue weighted by atomic mass is 16.5. The van der Waals surface area contributed by atoms with Gasteiger partial charge >= 0.3 is 0 Å².